The van der Waals surface area contributed by atoms with Crippen LogP contribution >= 0.6 is 11.3 Å². The highest BCUT2D eigenvalue weighted by Gasteiger charge is 2.41. The highest BCUT2D eigenvalue weighted by molar-refractivity contribution is 7.14. The number of carbonyl (C=O) groups excluding carboxylic acids is 1. The van der Waals surface area contributed by atoms with Crippen LogP contribution in [-0.4, -0.2) is 43.3 Å². The first kappa shape index (κ1) is 21.6. The van der Waals surface area contributed by atoms with Gasteiger partial charge in [-0.1, -0.05) is 11.3 Å². The van der Waals surface area contributed by atoms with Gasteiger partial charge in [0.15, 0.2) is 16.5 Å². The maximum atomic E-state index is 14.0. The third kappa shape index (κ3) is 3.50. The number of fused-ring (bicyclic) bond motifs is 2. The lowest BCUT2D eigenvalue weighted by Gasteiger charge is -2.44. The molecule has 2 atom stereocenters. The Kier molecular flexibility index (Phi) is 5.23. The van der Waals surface area contributed by atoms with Gasteiger partial charge in [0.2, 0.25) is 5.43 Å². The monoisotopic (exact) mass is 476 g/mol. The van der Waals surface area contributed by atoms with Crippen LogP contribution in [0.25, 0.3) is 10.6 Å². The molecule has 33 heavy (non-hydrogen) atoms. The third-order valence-electron chi connectivity index (χ3n) is 6.35. The molecule has 1 N–H and O–H groups in total. The summed E-state index contributed by atoms with van der Waals surface area (Å²) < 4.78 is 42.8. The van der Waals surface area contributed by atoms with Crippen molar-refractivity contribution in [1.82, 2.24) is 19.7 Å². The van der Waals surface area contributed by atoms with Gasteiger partial charge in [-0.25, -0.2) is 13.2 Å². The lowest BCUT2D eigenvalue weighted by Crippen LogP contribution is -2.52. The minimum absolute atomic E-state index is 0.0390. The fourth-order valence-corrected chi connectivity index (χ4v) is 5.52. The molecule has 2 unspecified atom stereocenters. The van der Waals surface area contributed by atoms with Gasteiger partial charge >= 0.3 is 0 Å². The molecule has 2 aliphatic heterocycles. The predicted molar refractivity (Wildman–Crippen MR) is 114 cm³/mol. The van der Waals surface area contributed by atoms with Gasteiger partial charge in [0, 0.05) is 36.9 Å². The number of aromatic hydroxyl groups is 1. The van der Waals surface area contributed by atoms with Crippen molar-refractivity contribution >= 4 is 17.2 Å². The molecule has 11 heteroatoms. The number of aromatic nitrogens is 3. The van der Waals surface area contributed by atoms with Gasteiger partial charge in [0.05, 0.1) is 17.6 Å². The minimum atomic E-state index is -1.04. The van der Waals surface area contributed by atoms with E-state index in [0.717, 1.165) is 30.6 Å². The smallest absolute Gasteiger partial charge is 0.274 e. The Morgan fingerprint density at radius 1 is 1.15 bits per heavy atom. The third-order valence-corrected chi connectivity index (χ3v) is 7.31. The van der Waals surface area contributed by atoms with Crippen molar-refractivity contribution in [1.29, 1.82) is 0 Å². The summed E-state index contributed by atoms with van der Waals surface area (Å²) in [6.45, 7) is 2.51. The molecule has 7 nitrogen and oxygen atoms in total. The fraction of sp³-hybridized carbons (Fsp3) is 0.364. The van der Waals surface area contributed by atoms with Gasteiger partial charge in [-0.15, -0.1) is 10.2 Å². The van der Waals surface area contributed by atoms with Crippen LogP contribution in [-0.2, 0) is 6.42 Å². The van der Waals surface area contributed by atoms with Crippen molar-refractivity contribution in [3.8, 4) is 16.3 Å². The molecule has 1 amide bonds. The summed E-state index contributed by atoms with van der Waals surface area (Å²) in [5.74, 6) is -4.13. The molecular formula is C22H19F3N4O3S. The van der Waals surface area contributed by atoms with Crippen molar-refractivity contribution in [3.63, 3.8) is 0 Å². The van der Waals surface area contributed by atoms with Crippen LogP contribution in [0, 0.1) is 17.5 Å². The molecule has 0 saturated carbocycles. The molecule has 2 aromatic heterocycles. The first-order chi connectivity index (χ1) is 15.8. The van der Waals surface area contributed by atoms with E-state index in [1.165, 1.54) is 6.20 Å². The highest BCUT2D eigenvalue weighted by atomic mass is 32.1. The van der Waals surface area contributed by atoms with E-state index in [1.807, 2.05) is 6.92 Å². The summed E-state index contributed by atoms with van der Waals surface area (Å²) in [6, 6.07) is 0.962. The molecule has 1 aromatic carbocycles. The summed E-state index contributed by atoms with van der Waals surface area (Å²) in [4.78, 5) is 27.6. The number of hydrogen-bond acceptors (Lipinski definition) is 6. The second-order valence-corrected chi connectivity index (χ2v) is 9.37. The maximum Gasteiger partial charge on any atom is 0.274 e. The number of piperidine rings is 1. The van der Waals surface area contributed by atoms with E-state index in [2.05, 4.69) is 10.2 Å². The standard InChI is InChI=1S/C22H19F3N4O3S/c1-10-16-4-2-3-5-28(16)22(32)18-20(31)19(30)13(9-29(10)18)21-27-26-17(33-21)8-12-14(24)6-11(23)7-15(12)25/h6-7,9-10,16,31H,2-5,8H2,1H3. The van der Waals surface area contributed by atoms with Gasteiger partial charge in [-0.05, 0) is 26.2 Å². The molecule has 0 bridgehead atoms. The average molecular weight is 476 g/mol. The molecule has 0 radical (unpaired) electrons. The van der Waals surface area contributed by atoms with E-state index < -0.39 is 28.6 Å². The Hall–Kier alpha value is -3.21. The van der Waals surface area contributed by atoms with Crippen LogP contribution < -0.4 is 5.43 Å². The van der Waals surface area contributed by atoms with Crippen LogP contribution in [0.4, 0.5) is 13.2 Å². The molecule has 172 valence electrons. The summed E-state index contributed by atoms with van der Waals surface area (Å²) in [5, 5.41) is 18.9. The zero-order valence-corrected chi connectivity index (χ0v) is 18.3. The van der Waals surface area contributed by atoms with Crippen LogP contribution in [0.2, 0.25) is 0 Å². The second-order valence-electron chi connectivity index (χ2n) is 8.30. The quantitative estimate of drug-likeness (QED) is 0.624. The Bertz CT molecular complexity index is 1320. The van der Waals surface area contributed by atoms with Gasteiger partial charge in [0.1, 0.15) is 22.5 Å². The van der Waals surface area contributed by atoms with Crippen LogP contribution in [0.5, 0.6) is 5.75 Å². The molecule has 3 aromatic rings. The van der Waals surface area contributed by atoms with E-state index in [9.17, 15) is 27.9 Å². The van der Waals surface area contributed by atoms with E-state index in [1.54, 1.807) is 9.47 Å². The minimum Gasteiger partial charge on any atom is -0.503 e. The van der Waals surface area contributed by atoms with Gasteiger partial charge < -0.3 is 14.6 Å². The molecule has 1 fully saturated rings. The van der Waals surface area contributed by atoms with Gasteiger partial charge in [-0.2, -0.15) is 0 Å². The summed E-state index contributed by atoms with van der Waals surface area (Å²) >= 11 is 0.932. The molecule has 0 aliphatic carbocycles. The van der Waals surface area contributed by atoms with Crippen molar-refractivity contribution in [2.75, 3.05) is 6.54 Å². The predicted octanol–water partition coefficient (Wildman–Crippen LogP) is 3.65. The van der Waals surface area contributed by atoms with Gasteiger partial charge in [-0.3, -0.25) is 9.59 Å². The van der Waals surface area contributed by atoms with E-state index in [0.29, 0.717) is 18.7 Å². The molecule has 1 saturated heterocycles. The number of halogens is 3. The fourth-order valence-electron chi connectivity index (χ4n) is 4.66. The summed E-state index contributed by atoms with van der Waals surface area (Å²) in [5.41, 5.74) is -1.13. The number of carbonyl (C=O) groups is 1. The first-order valence-corrected chi connectivity index (χ1v) is 11.3. The molecular weight excluding hydrogens is 457 g/mol. The SMILES string of the molecule is CC1C2CCCCN2C(=O)c2c(O)c(=O)c(-c3nnc(Cc4c(F)cc(F)cc4F)s3)cn21. The number of benzene rings is 1. The van der Waals surface area contributed by atoms with Gasteiger partial charge in [0.25, 0.3) is 5.91 Å². The zero-order valence-electron chi connectivity index (χ0n) is 17.5. The summed E-state index contributed by atoms with van der Waals surface area (Å²) in [7, 11) is 0. The average Bonchev–Trinajstić information content (AvgIpc) is 3.25. The largest absolute Gasteiger partial charge is 0.503 e. The Balaban J connectivity index is 1.54. The summed E-state index contributed by atoms with van der Waals surface area (Å²) in [6.07, 6.45) is 3.91. The van der Waals surface area contributed by atoms with E-state index in [4.69, 9.17) is 0 Å². The number of hydrogen-bond donors (Lipinski definition) is 1. The van der Waals surface area contributed by atoms with Crippen LogP contribution in [0.15, 0.2) is 23.1 Å². The van der Waals surface area contributed by atoms with Crippen LogP contribution in [0.1, 0.15) is 53.3 Å². The number of amides is 1. The van der Waals surface area contributed by atoms with Crippen LogP contribution in [0.3, 0.4) is 0 Å². The van der Waals surface area contributed by atoms with Crippen molar-refractivity contribution in [2.24, 2.45) is 0 Å². The maximum absolute atomic E-state index is 14.0. The Labute approximate surface area is 190 Å². The lowest BCUT2D eigenvalue weighted by molar-refractivity contribution is 0.0431. The zero-order chi connectivity index (χ0) is 23.4. The van der Waals surface area contributed by atoms with Crippen molar-refractivity contribution in [3.05, 3.63) is 62.3 Å². The number of nitrogens with zero attached hydrogens (tertiary/aromatic N) is 4. The van der Waals surface area contributed by atoms with E-state index >= 15 is 0 Å². The van der Waals surface area contributed by atoms with E-state index in [-0.39, 0.29) is 51.2 Å². The molecule has 5 rings (SSSR count). The van der Waals surface area contributed by atoms with Crippen molar-refractivity contribution in [2.45, 2.75) is 44.7 Å². The Morgan fingerprint density at radius 2 is 1.88 bits per heavy atom. The molecule has 0 spiro atoms. The molecule has 4 heterocycles. The van der Waals surface area contributed by atoms with Crippen molar-refractivity contribution < 1.29 is 23.1 Å². The second kappa shape index (κ2) is 7.98. The number of pyridine rings is 1. The lowest BCUT2D eigenvalue weighted by atomic mass is 9.92. The highest BCUT2D eigenvalue weighted by Crippen LogP contribution is 2.37. The molecule has 2 aliphatic rings. The normalized spacial score (nSPS) is 20.0. The number of rotatable bonds is 3. The topological polar surface area (TPSA) is 88.3 Å². The first-order valence-electron chi connectivity index (χ1n) is 10.5. The Morgan fingerprint density at radius 3 is 2.61 bits per heavy atom.